The molecule has 3 aromatic rings. The number of aromatic amines is 1. The van der Waals surface area contributed by atoms with Crippen molar-refractivity contribution in [1.82, 2.24) is 24.4 Å². The predicted octanol–water partition coefficient (Wildman–Crippen LogP) is 1.09. The largest absolute Gasteiger partial charge is 0.395 e. The van der Waals surface area contributed by atoms with E-state index in [-0.39, 0.29) is 30.7 Å². The maximum atomic E-state index is 12.9. The van der Waals surface area contributed by atoms with E-state index in [0.29, 0.717) is 29.0 Å². The van der Waals surface area contributed by atoms with Gasteiger partial charge in [-0.25, -0.2) is 9.97 Å². The highest BCUT2D eigenvalue weighted by Gasteiger charge is 2.34. The zero-order valence-electron chi connectivity index (χ0n) is 14.1. The third-order valence-electron chi connectivity index (χ3n) is 4.76. The van der Waals surface area contributed by atoms with Crippen molar-refractivity contribution in [3.05, 3.63) is 58.7 Å². The minimum atomic E-state index is -0.311. The summed E-state index contributed by atoms with van der Waals surface area (Å²) in [5, 5.41) is 9.94. The molecule has 8 heteroatoms. The van der Waals surface area contributed by atoms with Crippen LogP contribution in [0.25, 0.3) is 10.9 Å². The number of hydrogen-bond donors (Lipinski definition) is 2. The van der Waals surface area contributed by atoms with Gasteiger partial charge in [0.25, 0.3) is 11.5 Å². The molecule has 26 heavy (non-hydrogen) atoms. The summed E-state index contributed by atoms with van der Waals surface area (Å²) in [7, 11) is 0. The number of aliphatic hydroxyl groups excluding tert-OH is 1. The zero-order valence-corrected chi connectivity index (χ0v) is 14.1. The number of likely N-dealkylation sites (tertiary alicyclic amines) is 1. The Morgan fingerprint density at radius 1 is 1.35 bits per heavy atom. The van der Waals surface area contributed by atoms with Crippen molar-refractivity contribution in [2.45, 2.75) is 25.4 Å². The standard InChI is InChI=1S/C18H19N5O3/c24-9-8-23-16(21-13-5-2-1-4-12(13)17(23)25)15-6-3-7-22(15)18(26)14-10-19-11-20-14/h1-2,4-5,10-11,15,24H,3,6-9H2,(H,19,20). The SMILES string of the molecule is O=C(c1cnc[nH]1)N1CCCC1c1nc2ccccc2c(=O)n1CCO. The maximum absolute atomic E-state index is 12.9. The molecule has 1 aliphatic rings. The first-order valence-electron chi connectivity index (χ1n) is 8.60. The molecule has 8 nitrogen and oxygen atoms in total. The Labute approximate surface area is 149 Å². The van der Waals surface area contributed by atoms with Gasteiger partial charge in [-0.3, -0.25) is 14.2 Å². The quantitative estimate of drug-likeness (QED) is 0.731. The van der Waals surface area contributed by atoms with E-state index in [0.717, 1.165) is 12.8 Å². The minimum absolute atomic E-state index is 0.147. The summed E-state index contributed by atoms with van der Waals surface area (Å²) in [5.41, 5.74) is 0.816. The van der Waals surface area contributed by atoms with Crippen molar-refractivity contribution in [2.24, 2.45) is 0 Å². The fourth-order valence-electron chi connectivity index (χ4n) is 3.56. The van der Waals surface area contributed by atoms with Gasteiger partial charge in [0, 0.05) is 6.54 Å². The van der Waals surface area contributed by atoms with Gasteiger partial charge in [-0.05, 0) is 25.0 Å². The molecule has 0 spiro atoms. The van der Waals surface area contributed by atoms with Gasteiger partial charge < -0.3 is 15.0 Å². The number of fused-ring (bicyclic) bond motifs is 1. The average molecular weight is 353 g/mol. The van der Waals surface area contributed by atoms with Crippen LogP contribution in [0.5, 0.6) is 0 Å². The maximum Gasteiger partial charge on any atom is 0.272 e. The lowest BCUT2D eigenvalue weighted by Gasteiger charge is -2.26. The molecule has 3 heterocycles. The first-order chi connectivity index (χ1) is 12.7. The molecule has 1 amide bonds. The van der Waals surface area contributed by atoms with Gasteiger partial charge in [-0.1, -0.05) is 12.1 Å². The van der Waals surface area contributed by atoms with Crippen molar-refractivity contribution in [3.63, 3.8) is 0 Å². The number of aromatic nitrogens is 4. The summed E-state index contributed by atoms with van der Waals surface area (Å²) in [6.07, 6.45) is 4.50. The van der Waals surface area contributed by atoms with Crippen LogP contribution in [-0.4, -0.2) is 48.6 Å². The molecule has 0 saturated carbocycles. The lowest BCUT2D eigenvalue weighted by Crippen LogP contribution is -2.36. The molecule has 0 bridgehead atoms. The summed E-state index contributed by atoms with van der Waals surface area (Å²) in [6.45, 7) is 0.563. The van der Waals surface area contributed by atoms with Gasteiger partial charge in [0.05, 0.1) is 42.6 Å². The molecule has 0 aliphatic carbocycles. The fraction of sp³-hybridized carbons (Fsp3) is 0.333. The average Bonchev–Trinajstić information content (AvgIpc) is 3.35. The summed E-state index contributed by atoms with van der Waals surface area (Å²) in [6, 6.07) is 6.83. The smallest absolute Gasteiger partial charge is 0.272 e. The first-order valence-corrected chi connectivity index (χ1v) is 8.60. The minimum Gasteiger partial charge on any atom is -0.395 e. The van der Waals surface area contributed by atoms with Crippen LogP contribution in [0.2, 0.25) is 0 Å². The van der Waals surface area contributed by atoms with Crippen LogP contribution in [0.1, 0.15) is 35.2 Å². The molecule has 1 unspecified atom stereocenters. The van der Waals surface area contributed by atoms with Crippen LogP contribution in [0.15, 0.2) is 41.6 Å². The lowest BCUT2D eigenvalue weighted by molar-refractivity contribution is 0.0720. The number of carbonyl (C=O) groups is 1. The van der Waals surface area contributed by atoms with Crippen molar-refractivity contribution in [1.29, 1.82) is 0 Å². The molecule has 1 aliphatic heterocycles. The number of rotatable bonds is 4. The van der Waals surface area contributed by atoms with Crippen molar-refractivity contribution >= 4 is 16.8 Å². The van der Waals surface area contributed by atoms with Crippen molar-refractivity contribution < 1.29 is 9.90 Å². The number of amides is 1. The molecule has 134 valence electrons. The van der Waals surface area contributed by atoms with Crippen LogP contribution in [0.4, 0.5) is 0 Å². The molecule has 4 rings (SSSR count). The third-order valence-corrected chi connectivity index (χ3v) is 4.76. The van der Waals surface area contributed by atoms with Gasteiger partial charge >= 0.3 is 0 Å². The number of aliphatic hydroxyl groups is 1. The molecular weight excluding hydrogens is 334 g/mol. The van der Waals surface area contributed by atoms with Crippen molar-refractivity contribution in [3.8, 4) is 0 Å². The summed E-state index contributed by atoms with van der Waals surface area (Å²) in [4.78, 5) is 38.8. The first kappa shape index (κ1) is 16.5. The topological polar surface area (TPSA) is 104 Å². The normalized spacial score (nSPS) is 17.1. The summed E-state index contributed by atoms with van der Waals surface area (Å²) < 4.78 is 1.49. The monoisotopic (exact) mass is 353 g/mol. The Bertz CT molecular complexity index is 996. The Morgan fingerprint density at radius 3 is 2.96 bits per heavy atom. The number of H-pyrrole nitrogens is 1. The van der Waals surface area contributed by atoms with Gasteiger partial charge in [-0.15, -0.1) is 0 Å². The van der Waals surface area contributed by atoms with Crippen LogP contribution in [0, 0.1) is 0 Å². The molecule has 0 radical (unpaired) electrons. The van der Waals surface area contributed by atoms with E-state index in [1.54, 1.807) is 23.1 Å². The molecular formula is C18H19N5O3. The number of nitrogens with zero attached hydrogens (tertiary/aromatic N) is 4. The van der Waals surface area contributed by atoms with E-state index in [1.807, 2.05) is 6.07 Å². The van der Waals surface area contributed by atoms with Crippen molar-refractivity contribution in [2.75, 3.05) is 13.2 Å². The summed E-state index contributed by atoms with van der Waals surface area (Å²) >= 11 is 0. The number of para-hydroxylation sites is 1. The Kier molecular flexibility index (Phi) is 4.26. The van der Waals surface area contributed by atoms with Crippen LogP contribution in [0.3, 0.4) is 0 Å². The third kappa shape index (κ3) is 2.68. The highest BCUT2D eigenvalue weighted by Crippen LogP contribution is 2.32. The van der Waals surface area contributed by atoms with E-state index in [2.05, 4.69) is 15.0 Å². The van der Waals surface area contributed by atoms with E-state index in [9.17, 15) is 14.7 Å². The molecule has 1 atom stereocenters. The number of carbonyl (C=O) groups excluding carboxylic acids is 1. The molecule has 1 saturated heterocycles. The Morgan fingerprint density at radius 2 is 2.19 bits per heavy atom. The van der Waals surface area contributed by atoms with E-state index in [4.69, 9.17) is 0 Å². The predicted molar refractivity (Wildman–Crippen MR) is 94.7 cm³/mol. The Balaban J connectivity index is 1.83. The van der Waals surface area contributed by atoms with E-state index >= 15 is 0 Å². The van der Waals surface area contributed by atoms with Gasteiger partial charge in [-0.2, -0.15) is 0 Å². The van der Waals surface area contributed by atoms with Crippen LogP contribution < -0.4 is 5.56 Å². The van der Waals surface area contributed by atoms with E-state index in [1.165, 1.54) is 17.1 Å². The zero-order chi connectivity index (χ0) is 18.1. The van der Waals surface area contributed by atoms with Gasteiger partial charge in [0.15, 0.2) is 0 Å². The van der Waals surface area contributed by atoms with Crippen LogP contribution in [-0.2, 0) is 6.54 Å². The number of imidazole rings is 1. The summed E-state index contributed by atoms with van der Waals surface area (Å²) in [5.74, 6) is 0.357. The number of benzene rings is 1. The highest BCUT2D eigenvalue weighted by atomic mass is 16.3. The van der Waals surface area contributed by atoms with Gasteiger partial charge in [0.2, 0.25) is 0 Å². The number of hydrogen-bond acceptors (Lipinski definition) is 5. The molecule has 2 N–H and O–H groups in total. The molecule has 1 fully saturated rings. The lowest BCUT2D eigenvalue weighted by atomic mass is 10.1. The fourth-order valence-corrected chi connectivity index (χ4v) is 3.56. The number of nitrogens with one attached hydrogen (secondary N) is 1. The van der Waals surface area contributed by atoms with Gasteiger partial charge in [0.1, 0.15) is 11.5 Å². The second-order valence-corrected chi connectivity index (χ2v) is 6.29. The molecule has 1 aromatic carbocycles. The molecule has 2 aromatic heterocycles. The second-order valence-electron chi connectivity index (χ2n) is 6.29. The van der Waals surface area contributed by atoms with Crippen LogP contribution >= 0.6 is 0 Å². The Hall–Kier alpha value is -3.00. The van der Waals surface area contributed by atoms with E-state index < -0.39 is 0 Å². The highest BCUT2D eigenvalue weighted by molar-refractivity contribution is 5.92. The second kappa shape index (κ2) is 6.72.